The quantitative estimate of drug-likeness (QED) is 0.852. The van der Waals surface area contributed by atoms with Gasteiger partial charge in [0.05, 0.1) is 11.8 Å². The predicted molar refractivity (Wildman–Crippen MR) is 78.9 cm³/mol. The highest BCUT2D eigenvalue weighted by Gasteiger charge is 2.52. The van der Waals surface area contributed by atoms with E-state index in [-0.39, 0.29) is 18.5 Å². The highest BCUT2D eigenvalue weighted by Crippen LogP contribution is 2.37. The molecule has 1 saturated heterocycles. The van der Waals surface area contributed by atoms with Crippen LogP contribution in [0.2, 0.25) is 0 Å². The van der Waals surface area contributed by atoms with Gasteiger partial charge in [0.15, 0.2) is 0 Å². The van der Waals surface area contributed by atoms with Crippen LogP contribution in [0.5, 0.6) is 0 Å². The molecule has 24 heavy (non-hydrogen) atoms. The van der Waals surface area contributed by atoms with Crippen LogP contribution in [0.4, 0.5) is 17.6 Å². The first-order valence-electron chi connectivity index (χ1n) is 7.25. The number of alkyl halides is 3. The lowest BCUT2D eigenvalue weighted by molar-refractivity contribution is -0.182. The smallest absolute Gasteiger partial charge is 0.369 e. The van der Waals surface area contributed by atoms with Gasteiger partial charge in [0.25, 0.3) is 0 Å². The zero-order valence-electron chi connectivity index (χ0n) is 12.6. The minimum absolute atomic E-state index is 0.190. The minimum atomic E-state index is -4.60. The molecule has 0 radical (unpaired) electrons. The SMILES string of the molecule is NC(=O)[C@@H]1CN(C(=O)CC=Cc2ccccc2F)C[C@H]1C(F)(F)F. The molecule has 0 spiro atoms. The van der Waals surface area contributed by atoms with Crippen LogP contribution in [-0.2, 0) is 9.59 Å². The third kappa shape index (κ3) is 4.12. The lowest BCUT2D eigenvalue weighted by atomic mass is 9.95. The van der Waals surface area contributed by atoms with E-state index in [2.05, 4.69) is 0 Å². The number of benzene rings is 1. The fraction of sp³-hybridized carbons (Fsp3) is 0.375. The fourth-order valence-electron chi connectivity index (χ4n) is 2.65. The van der Waals surface area contributed by atoms with Crippen molar-refractivity contribution in [1.29, 1.82) is 0 Å². The van der Waals surface area contributed by atoms with E-state index in [9.17, 15) is 27.2 Å². The Morgan fingerprint density at radius 2 is 1.92 bits per heavy atom. The maximum absolute atomic E-state index is 13.4. The molecule has 0 aliphatic carbocycles. The Bertz CT molecular complexity index is 658. The van der Waals surface area contributed by atoms with Gasteiger partial charge in [-0.3, -0.25) is 9.59 Å². The van der Waals surface area contributed by atoms with Crippen molar-refractivity contribution in [3.63, 3.8) is 0 Å². The number of carbonyl (C=O) groups is 2. The monoisotopic (exact) mass is 344 g/mol. The van der Waals surface area contributed by atoms with Gasteiger partial charge in [-0.2, -0.15) is 13.2 Å². The second-order valence-corrected chi connectivity index (χ2v) is 5.58. The summed E-state index contributed by atoms with van der Waals surface area (Å²) in [5.41, 5.74) is 5.28. The Morgan fingerprint density at radius 3 is 2.46 bits per heavy atom. The van der Waals surface area contributed by atoms with Crippen LogP contribution in [-0.4, -0.2) is 36.0 Å². The number of hydrogen-bond donors (Lipinski definition) is 1. The number of likely N-dealkylation sites (tertiary alicyclic amines) is 1. The largest absolute Gasteiger partial charge is 0.394 e. The van der Waals surface area contributed by atoms with E-state index in [1.165, 1.54) is 30.4 Å². The number of nitrogens with two attached hydrogens (primary N) is 1. The zero-order valence-corrected chi connectivity index (χ0v) is 12.6. The Labute approximate surface area is 135 Å². The van der Waals surface area contributed by atoms with Gasteiger partial charge in [0.2, 0.25) is 11.8 Å². The van der Waals surface area contributed by atoms with Gasteiger partial charge in [-0.15, -0.1) is 0 Å². The third-order valence-electron chi connectivity index (χ3n) is 3.95. The van der Waals surface area contributed by atoms with Gasteiger partial charge in [-0.05, 0) is 6.07 Å². The van der Waals surface area contributed by atoms with Gasteiger partial charge in [0.1, 0.15) is 5.82 Å². The first-order valence-corrected chi connectivity index (χ1v) is 7.25. The molecule has 8 heteroatoms. The summed E-state index contributed by atoms with van der Waals surface area (Å²) in [6, 6.07) is 5.90. The molecule has 2 rings (SSSR count). The number of halogens is 4. The first kappa shape index (κ1) is 18.0. The van der Waals surface area contributed by atoms with E-state index in [1.54, 1.807) is 6.07 Å². The molecule has 1 aromatic carbocycles. The summed E-state index contributed by atoms with van der Waals surface area (Å²) in [7, 11) is 0. The predicted octanol–water partition coefficient (Wildman–Crippen LogP) is 2.35. The lowest BCUT2D eigenvalue weighted by Crippen LogP contribution is -2.37. The van der Waals surface area contributed by atoms with Crippen molar-refractivity contribution in [3.05, 3.63) is 41.7 Å². The Morgan fingerprint density at radius 1 is 1.25 bits per heavy atom. The molecule has 0 unspecified atom stereocenters. The number of hydrogen-bond acceptors (Lipinski definition) is 2. The highest BCUT2D eigenvalue weighted by atomic mass is 19.4. The summed E-state index contributed by atoms with van der Waals surface area (Å²) in [6.07, 6.45) is -2.03. The maximum Gasteiger partial charge on any atom is 0.394 e. The van der Waals surface area contributed by atoms with Crippen molar-refractivity contribution < 1.29 is 27.2 Å². The number of carbonyl (C=O) groups excluding carboxylic acids is 2. The molecular weight excluding hydrogens is 328 g/mol. The number of nitrogens with zero attached hydrogens (tertiary/aromatic N) is 1. The molecule has 2 amide bonds. The maximum atomic E-state index is 13.4. The highest BCUT2D eigenvalue weighted by molar-refractivity contribution is 5.82. The van der Waals surface area contributed by atoms with Crippen molar-refractivity contribution >= 4 is 17.9 Å². The molecule has 1 aliphatic rings. The average molecular weight is 344 g/mol. The Balaban J connectivity index is 2.00. The Kier molecular flexibility index (Phi) is 5.26. The number of amides is 2. The summed E-state index contributed by atoms with van der Waals surface area (Å²) in [5, 5.41) is 0. The molecule has 1 aliphatic heterocycles. The molecule has 1 aromatic rings. The molecule has 1 heterocycles. The normalized spacial score (nSPS) is 21.4. The molecule has 0 saturated carbocycles. The van der Waals surface area contributed by atoms with Crippen LogP contribution >= 0.6 is 0 Å². The third-order valence-corrected chi connectivity index (χ3v) is 3.95. The summed E-state index contributed by atoms with van der Waals surface area (Å²) in [4.78, 5) is 24.2. The summed E-state index contributed by atoms with van der Waals surface area (Å²) < 4.78 is 52.2. The van der Waals surface area contributed by atoms with E-state index in [0.717, 1.165) is 4.90 Å². The average Bonchev–Trinajstić information content (AvgIpc) is 2.95. The van der Waals surface area contributed by atoms with Crippen LogP contribution in [0, 0.1) is 17.7 Å². The number of rotatable bonds is 4. The molecule has 4 nitrogen and oxygen atoms in total. The van der Waals surface area contributed by atoms with Crippen molar-refractivity contribution in [2.24, 2.45) is 17.6 Å². The molecular formula is C16H16F4N2O2. The van der Waals surface area contributed by atoms with Gasteiger partial charge in [-0.1, -0.05) is 30.4 Å². The van der Waals surface area contributed by atoms with Crippen LogP contribution in [0.1, 0.15) is 12.0 Å². The molecule has 130 valence electrons. The van der Waals surface area contributed by atoms with Gasteiger partial charge < -0.3 is 10.6 Å². The van der Waals surface area contributed by atoms with Crippen LogP contribution < -0.4 is 5.73 Å². The van der Waals surface area contributed by atoms with Gasteiger partial charge in [-0.25, -0.2) is 4.39 Å². The molecule has 1 fully saturated rings. The number of primary amides is 1. The molecule has 2 atom stereocenters. The molecule has 0 aromatic heterocycles. The molecule has 0 bridgehead atoms. The van der Waals surface area contributed by atoms with Gasteiger partial charge in [0, 0.05) is 25.1 Å². The molecule has 2 N–H and O–H groups in total. The van der Waals surface area contributed by atoms with Crippen molar-refractivity contribution in [2.45, 2.75) is 12.6 Å². The van der Waals surface area contributed by atoms with Crippen molar-refractivity contribution in [2.75, 3.05) is 13.1 Å². The minimum Gasteiger partial charge on any atom is -0.369 e. The lowest BCUT2D eigenvalue weighted by Gasteiger charge is -2.18. The van der Waals surface area contributed by atoms with Crippen molar-refractivity contribution in [3.8, 4) is 0 Å². The topological polar surface area (TPSA) is 63.4 Å². The van der Waals surface area contributed by atoms with Gasteiger partial charge >= 0.3 is 6.18 Å². The van der Waals surface area contributed by atoms with Crippen molar-refractivity contribution in [1.82, 2.24) is 4.90 Å². The van der Waals surface area contributed by atoms with Crippen LogP contribution in [0.15, 0.2) is 30.3 Å². The van der Waals surface area contributed by atoms with E-state index < -0.39 is 42.2 Å². The fourth-order valence-corrected chi connectivity index (χ4v) is 2.65. The van der Waals surface area contributed by atoms with E-state index >= 15 is 0 Å². The van der Waals surface area contributed by atoms with E-state index in [4.69, 9.17) is 5.73 Å². The second kappa shape index (κ2) is 7.02. The van der Waals surface area contributed by atoms with E-state index in [1.807, 2.05) is 0 Å². The zero-order chi connectivity index (χ0) is 17.9. The first-order chi connectivity index (χ1) is 11.2. The summed E-state index contributed by atoms with van der Waals surface area (Å²) in [5.74, 6) is -5.50. The Hall–Kier alpha value is -2.38. The summed E-state index contributed by atoms with van der Waals surface area (Å²) in [6.45, 7) is -0.949. The van der Waals surface area contributed by atoms with E-state index in [0.29, 0.717) is 0 Å². The second-order valence-electron chi connectivity index (χ2n) is 5.58. The standard InChI is InChI=1S/C16H16F4N2O2/c17-13-6-2-1-4-10(13)5-3-7-14(23)22-8-11(15(21)24)12(9-22)16(18,19)20/h1-6,11-12H,7-9H2,(H2,21,24)/t11-,12-/m1/s1. The summed E-state index contributed by atoms with van der Waals surface area (Å²) >= 11 is 0. The van der Waals surface area contributed by atoms with Crippen LogP contribution in [0.25, 0.3) is 6.08 Å². The van der Waals surface area contributed by atoms with Crippen LogP contribution in [0.3, 0.4) is 0 Å².